The zero-order valence-electron chi connectivity index (χ0n) is 9.48. The number of sulfone groups is 1. The quantitative estimate of drug-likeness (QED) is 0.600. The monoisotopic (exact) mass is 307 g/mol. The molecule has 19 heavy (non-hydrogen) atoms. The number of hydrogen-bond donors (Lipinski definition) is 3. The Balaban J connectivity index is 0.000000399. The molecule has 0 radical (unpaired) electrons. The Labute approximate surface area is 106 Å². The van der Waals surface area contributed by atoms with Gasteiger partial charge in [-0.1, -0.05) is 0 Å². The van der Waals surface area contributed by atoms with Crippen molar-refractivity contribution in [3.8, 4) is 0 Å². The Morgan fingerprint density at radius 3 is 1.63 bits per heavy atom. The van der Waals surface area contributed by atoms with Gasteiger partial charge in [0.2, 0.25) is 0 Å². The van der Waals surface area contributed by atoms with Gasteiger partial charge in [-0.25, -0.2) is 13.2 Å². The molecule has 0 amide bonds. The third-order valence-electron chi connectivity index (χ3n) is 2.39. The van der Waals surface area contributed by atoms with E-state index < -0.39 is 33.5 Å². The fraction of sp³-hybridized carbons (Fsp3) is 0.750. The maximum Gasteiger partial charge on any atom is 0.490 e. The molecular weight excluding hydrogens is 295 g/mol. The summed E-state index contributed by atoms with van der Waals surface area (Å²) in [5.41, 5.74) is 4.13. The highest BCUT2D eigenvalue weighted by molar-refractivity contribution is 7.91. The maximum absolute atomic E-state index is 10.9. The molecule has 1 aliphatic heterocycles. The first-order valence-corrected chi connectivity index (χ1v) is 6.65. The van der Waals surface area contributed by atoms with Crippen LogP contribution in [-0.4, -0.2) is 53.8 Å². The fourth-order valence-corrected chi connectivity index (χ4v) is 2.67. The van der Waals surface area contributed by atoms with Gasteiger partial charge in [0.25, 0.3) is 0 Å². The van der Waals surface area contributed by atoms with Crippen molar-refractivity contribution in [3.05, 3.63) is 0 Å². The Bertz CT molecular complexity index is 444. The number of carboxylic acid groups (broad SMARTS) is 2. The van der Waals surface area contributed by atoms with Crippen molar-refractivity contribution in [3.63, 3.8) is 0 Å². The lowest BCUT2D eigenvalue weighted by Crippen LogP contribution is -2.53. The van der Waals surface area contributed by atoms with Gasteiger partial charge in [-0.15, -0.1) is 0 Å². The summed E-state index contributed by atoms with van der Waals surface area (Å²) in [5.74, 6) is -4.10. The van der Waals surface area contributed by atoms with Crippen molar-refractivity contribution in [1.29, 1.82) is 0 Å². The Morgan fingerprint density at radius 2 is 1.42 bits per heavy atom. The minimum Gasteiger partial charge on any atom is -0.480 e. The predicted molar refractivity (Wildman–Crippen MR) is 56.1 cm³/mol. The van der Waals surface area contributed by atoms with E-state index in [2.05, 4.69) is 0 Å². The van der Waals surface area contributed by atoms with E-state index in [4.69, 9.17) is 20.7 Å². The first-order valence-electron chi connectivity index (χ1n) is 4.83. The Kier molecular flexibility index (Phi) is 5.32. The number of halogens is 3. The maximum atomic E-state index is 10.9. The van der Waals surface area contributed by atoms with Crippen molar-refractivity contribution in [2.75, 3.05) is 11.5 Å². The Morgan fingerprint density at radius 1 is 1.11 bits per heavy atom. The highest BCUT2D eigenvalue weighted by Crippen LogP contribution is 2.21. The van der Waals surface area contributed by atoms with Crippen molar-refractivity contribution >= 4 is 21.8 Å². The number of rotatable bonds is 1. The van der Waals surface area contributed by atoms with Crippen LogP contribution in [0.25, 0.3) is 0 Å². The van der Waals surface area contributed by atoms with Crippen molar-refractivity contribution in [1.82, 2.24) is 0 Å². The summed E-state index contributed by atoms with van der Waals surface area (Å²) in [6.07, 6.45) is -5.05. The number of aliphatic carboxylic acids is 2. The fourth-order valence-electron chi connectivity index (χ4n) is 1.12. The predicted octanol–water partition coefficient (Wildman–Crippen LogP) is -0.390. The van der Waals surface area contributed by atoms with Crippen LogP contribution in [0.2, 0.25) is 0 Å². The van der Waals surface area contributed by atoms with Crippen LogP contribution in [0.3, 0.4) is 0 Å². The lowest BCUT2D eigenvalue weighted by Gasteiger charge is -2.28. The first-order chi connectivity index (χ1) is 8.30. The van der Waals surface area contributed by atoms with E-state index in [-0.39, 0.29) is 24.3 Å². The summed E-state index contributed by atoms with van der Waals surface area (Å²) < 4.78 is 53.6. The van der Waals surface area contributed by atoms with Gasteiger partial charge < -0.3 is 15.9 Å². The third-order valence-corrected chi connectivity index (χ3v) is 4.04. The van der Waals surface area contributed by atoms with Crippen LogP contribution in [0.1, 0.15) is 12.8 Å². The molecule has 1 aliphatic rings. The molecule has 0 aromatic heterocycles. The van der Waals surface area contributed by atoms with E-state index >= 15 is 0 Å². The van der Waals surface area contributed by atoms with Crippen LogP contribution < -0.4 is 5.73 Å². The lowest BCUT2D eigenvalue weighted by molar-refractivity contribution is -0.192. The van der Waals surface area contributed by atoms with Gasteiger partial charge in [0.05, 0.1) is 11.5 Å². The van der Waals surface area contributed by atoms with Crippen molar-refractivity contribution in [2.24, 2.45) is 5.73 Å². The van der Waals surface area contributed by atoms with Crippen LogP contribution in [0, 0.1) is 0 Å². The second-order valence-electron chi connectivity index (χ2n) is 3.92. The van der Waals surface area contributed by atoms with Crippen LogP contribution in [-0.2, 0) is 19.4 Å². The standard InChI is InChI=1S/C6H11NO4S.C2HF3O2/c7-6(5(8)9)1-3-12(10,11)4-2-6;3-2(4,5)1(6)7/h1-4,7H2,(H,8,9);(H,6,7). The van der Waals surface area contributed by atoms with Gasteiger partial charge in [0.15, 0.2) is 0 Å². The third kappa shape index (κ3) is 5.87. The summed E-state index contributed by atoms with van der Waals surface area (Å²) in [5, 5.41) is 15.8. The van der Waals surface area contributed by atoms with Gasteiger partial charge in [0, 0.05) is 0 Å². The van der Waals surface area contributed by atoms with E-state index in [1.165, 1.54) is 0 Å². The van der Waals surface area contributed by atoms with Crippen LogP contribution in [0.5, 0.6) is 0 Å². The van der Waals surface area contributed by atoms with Gasteiger partial charge >= 0.3 is 18.1 Å². The van der Waals surface area contributed by atoms with Crippen LogP contribution in [0.15, 0.2) is 0 Å². The second kappa shape index (κ2) is 5.74. The number of nitrogens with two attached hydrogens (primary N) is 1. The van der Waals surface area contributed by atoms with E-state index in [1.807, 2.05) is 0 Å². The molecule has 1 fully saturated rings. The average molecular weight is 307 g/mol. The second-order valence-corrected chi connectivity index (χ2v) is 6.22. The molecule has 11 heteroatoms. The van der Waals surface area contributed by atoms with E-state index in [0.717, 1.165) is 0 Å². The normalized spacial score (nSPS) is 20.8. The zero-order valence-corrected chi connectivity index (χ0v) is 10.3. The minimum absolute atomic E-state index is 0.0185. The summed E-state index contributed by atoms with van der Waals surface area (Å²) in [7, 11) is -3.03. The summed E-state index contributed by atoms with van der Waals surface area (Å²) in [6, 6.07) is 0. The Hall–Kier alpha value is -1.36. The van der Waals surface area contributed by atoms with Crippen LogP contribution in [0.4, 0.5) is 13.2 Å². The van der Waals surface area contributed by atoms with E-state index in [1.54, 1.807) is 0 Å². The average Bonchev–Trinajstić information content (AvgIpc) is 2.22. The van der Waals surface area contributed by atoms with Gasteiger partial charge in [-0.3, -0.25) is 4.79 Å². The van der Waals surface area contributed by atoms with E-state index in [0.29, 0.717) is 0 Å². The highest BCUT2D eigenvalue weighted by Gasteiger charge is 2.40. The molecule has 1 saturated heterocycles. The molecule has 1 heterocycles. The van der Waals surface area contributed by atoms with Gasteiger partial charge in [0.1, 0.15) is 15.4 Å². The summed E-state index contributed by atoms with van der Waals surface area (Å²) in [6.45, 7) is 0. The molecule has 0 unspecified atom stereocenters. The van der Waals surface area contributed by atoms with Crippen molar-refractivity contribution in [2.45, 2.75) is 24.6 Å². The molecule has 112 valence electrons. The molecule has 0 aromatic carbocycles. The summed E-state index contributed by atoms with van der Waals surface area (Å²) >= 11 is 0. The topological polar surface area (TPSA) is 135 Å². The molecule has 0 aromatic rings. The molecule has 0 saturated carbocycles. The number of hydrogen-bond acceptors (Lipinski definition) is 5. The molecule has 0 aliphatic carbocycles. The minimum atomic E-state index is -5.08. The lowest BCUT2D eigenvalue weighted by atomic mass is 9.94. The molecule has 1 rings (SSSR count). The number of carboxylic acids is 2. The molecule has 0 spiro atoms. The smallest absolute Gasteiger partial charge is 0.480 e. The zero-order chi connectivity index (χ0) is 15.5. The molecular formula is C8H12F3NO6S. The largest absolute Gasteiger partial charge is 0.490 e. The molecule has 4 N–H and O–H groups in total. The molecule has 0 atom stereocenters. The SMILES string of the molecule is NC1(C(=O)O)CCS(=O)(=O)CC1.O=C(O)C(F)(F)F. The van der Waals surface area contributed by atoms with Gasteiger partial charge in [-0.05, 0) is 12.8 Å². The van der Waals surface area contributed by atoms with Gasteiger partial charge in [-0.2, -0.15) is 13.2 Å². The van der Waals surface area contributed by atoms with Crippen LogP contribution >= 0.6 is 0 Å². The summed E-state index contributed by atoms with van der Waals surface area (Å²) in [4.78, 5) is 19.5. The number of carbonyl (C=O) groups is 2. The number of alkyl halides is 3. The van der Waals surface area contributed by atoms with Crippen molar-refractivity contribution < 1.29 is 41.4 Å². The molecule has 7 nitrogen and oxygen atoms in total. The first kappa shape index (κ1) is 17.6. The highest BCUT2D eigenvalue weighted by atomic mass is 32.2. The molecule has 0 bridgehead atoms. The van der Waals surface area contributed by atoms with E-state index in [9.17, 15) is 26.4 Å².